The normalized spacial score (nSPS) is 10.7. The number of hydrogen-bond acceptors (Lipinski definition) is 1. The van der Waals surface area contributed by atoms with Crippen LogP contribution >= 0.6 is 8.15 Å². The van der Waals surface area contributed by atoms with Gasteiger partial charge in [0.2, 0.25) is 0 Å². The van der Waals surface area contributed by atoms with Gasteiger partial charge in [-0.3, -0.25) is 0 Å². The summed E-state index contributed by atoms with van der Waals surface area (Å²) in [4.78, 5) is 0. The van der Waals surface area contributed by atoms with E-state index in [-0.39, 0.29) is 0 Å². The average molecular weight is 306 g/mol. The van der Waals surface area contributed by atoms with Crippen molar-refractivity contribution < 1.29 is 4.52 Å². The number of para-hydroxylation sites is 1. The Labute approximate surface area is 133 Å². The number of rotatable bonds is 4. The Bertz CT molecular complexity index is 707. The van der Waals surface area contributed by atoms with E-state index in [1.807, 2.05) is 30.3 Å². The van der Waals surface area contributed by atoms with Crippen LogP contribution in [0.3, 0.4) is 0 Å². The molecule has 0 aliphatic rings. The lowest BCUT2D eigenvalue weighted by atomic mass is 10.2. The van der Waals surface area contributed by atoms with Crippen molar-refractivity contribution in [1.82, 2.24) is 0 Å². The van der Waals surface area contributed by atoms with Crippen LogP contribution in [0.1, 0.15) is 11.1 Å². The second-order valence-electron chi connectivity index (χ2n) is 5.27. The molecule has 3 aromatic rings. The zero-order chi connectivity index (χ0) is 15.4. The Kier molecular flexibility index (Phi) is 4.56. The maximum atomic E-state index is 6.41. The average Bonchev–Trinajstić information content (AvgIpc) is 2.55. The van der Waals surface area contributed by atoms with E-state index < -0.39 is 8.15 Å². The highest BCUT2D eigenvalue weighted by Crippen LogP contribution is 2.38. The molecule has 0 aliphatic heterocycles. The lowest BCUT2D eigenvalue weighted by molar-refractivity contribution is 0.629. The van der Waals surface area contributed by atoms with Crippen molar-refractivity contribution in [1.29, 1.82) is 0 Å². The largest absolute Gasteiger partial charge is 0.464 e. The van der Waals surface area contributed by atoms with Gasteiger partial charge in [0, 0.05) is 10.6 Å². The van der Waals surface area contributed by atoms with E-state index >= 15 is 0 Å². The molecule has 0 bridgehead atoms. The zero-order valence-corrected chi connectivity index (χ0v) is 13.8. The minimum atomic E-state index is -0.869. The lowest BCUT2D eigenvalue weighted by Crippen LogP contribution is -2.19. The highest BCUT2D eigenvalue weighted by molar-refractivity contribution is 7.69. The standard InChI is InChI=1S/C20H19OP/c1-16-10-6-8-14-19(16)22(20-15-9-7-11-17(20)2)21-18-12-4-3-5-13-18/h3-15H,1-2H3. The van der Waals surface area contributed by atoms with E-state index in [2.05, 4.69) is 62.4 Å². The van der Waals surface area contributed by atoms with Gasteiger partial charge in [-0.2, -0.15) is 0 Å². The van der Waals surface area contributed by atoms with Crippen molar-refractivity contribution in [2.75, 3.05) is 0 Å². The predicted molar refractivity (Wildman–Crippen MR) is 95.6 cm³/mol. The van der Waals surface area contributed by atoms with Crippen LogP contribution in [0, 0.1) is 13.8 Å². The summed E-state index contributed by atoms with van der Waals surface area (Å²) in [6, 6.07) is 27.1. The van der Waals surface area contributed by atoms with E-state index in [4.69, 9.17) is 4.52 Å². The summed E-state index contributed by atoms with van der Waals surface area (Å²) in [5, 5.41) is 2.55. The first-order valence-corrected chi connectivity index (χ1v) is 8.66. The van der Waals surface area contributed by atoms with Crippen molar-refractivity contribution in [3.63, 3.8) is 0 Å². The summed E-state index contributed by atoms with van der Waals surface area (Å²) in [6.07, 6.45) is 0. The predicted octanol–water partition coefficient (Wildman–Crippen LogP) is 4.73. The van der Waals surface area contributed by atoms with Gasteiger partial charge < -0.3 is 4.52 Å². The first-order chi connectivity index (χ1) is 10.8. The molecule has 22 heavy (non-hydrogen) atoms. The molecule has 3 aromatic carbocycles. The van der Waals surface area contributed by atoms with E-state index in [9.17, 15) is 0 Å². The molecule has 0 spiro atoms. The SMILES string of the molecule is Cc1ccccc1P(Oc1ccccc1)c1ccccc1C. The molecule has 0 unspecified atom stereocenters. The topological polar surface area (TPSA) is 9.23 Å². The van der Waals surface area contributed by atoms with Gasteiger partial charge in [-0.25, -0.2) is 0 Å². The lowest BCUT2D eigenvalue weighted by Gasteiger charge is -2.22. The Morgan fingerprint density at radius 1 is 0.591 bits per heavy atom. The molecule has 0 radical (unpaired) electrons. The zero-order valence-electron chi connectivity index (χ0n) is 12.9. The van der Waals surface area contributed by atoms with Gasteiger partial charge in [-0.05, 0) is 37.1 Å². The van der Waals surface area contributed by atoms with Crippen molar-refractivity contribution in [3.05, 3.63) is 90.0 Å². The highest BCUT2D eigenvalue weighted by atomic mass is 31.1. The minimum Gasteiger partial charge on any atom is -0.464 e. The van der Waals surface area contributed by atoms with Crippen LogP contribution in [0.25, 0.3) is 0 Å². The summed E-state index contributed by atoms with van der Waals surface area (Å²) >= 11 is 0. The molecule has 0 atom stereocenters. The van der Waals surface area contributed by atoms with Gasteiger partial charge in [0.1, 0.15) is 5.75 Å². The minimum absolute atomic E-state index is 0.869. The van der Waals surface area contributed by atoms with E-state index in [1.54, 1.807) is 0 Å². The molecule has 0 fully saturated rings. The Morgan fingerprint density at radius 3 is 1.55 bits per heavy atom. The number of aryl methyl sites for hydroxylation is 2. The molecule has 0 saturated carbocycles. The maximum Gasteiger partial charge on any atom is 0.151 e. The molecule has 0 amide bonds. The molecule has 2 heteroatoms. The van der Waals surface area contributed by atoms with Gasteiger partial charge in [0.15, 0.2) is 8.15 Å². The Balaban J connectivity index is 2.07. The van der Waals surface area contributed by atoms with Crippen LogP contribution in [0.15, 0.2) is 78.9 Å². The fraction of sp³-hybridized carbons (Fsp3) is 0.100. The van der Waals surface area contributed by atoms with Crippen molar-refractivity contribution in [2.24, 2.45) is 0 Å². The summed E-state index contributed by atoms with van der Waals surface area (Å²) in [6.45, 7) is 4.30. The van der Waals surface area contributed by atoms with Crippen LogP contribution in [-0.2, 0) is 0 Å². The van der Waals surface area contributed by atoms with Gasteiger partial charge in [0.25, 0.3) is 0 Å². The summed E-state index contributed by atoms with van der Waals surface area (Å²) in [5.41, 5.74) is 2.54. The van der Waals surface area contributed by atoms with E-state index in [1.165, 1.54) is 21.7 Å². The third-order valence-electron chi connectivity index (χ3n) is 3.61. The fourth-order valence-electron chi connectivity index (χ4n) is 2.40. The van der Waals surface area contributed by atoms with Crippen molar-refractivity contribution in [2.45, 2.75) is 13.8 Å². The summed E-state index contributed by atoms with van der Waals surface area (Å²) in [5.74, 6) is 0.917. The van der Waals surface area contributed by atoms with Gasteiger partial charge >= 0.3 is 0 Å². The monoisotopic (exact) mass is 306 g/mol. The van der Waals surface area contributed by atoms with Crippen molar-refractivity contribution >= 4 is 18.8 Å². The smallest absolute Gasteiger partial charge is 0.151 e. The second-order valence-corrected chi connectivity index (χ2v) is 7.01. The quantitative estimate of drug-likeness (QED) is 0.633. The Hall–Kier alpha value is -2.11. The summed E-state index contributed by atoms with van der Waals surface area (Å²) < 4.78 is 6.41. The summed E-state index contributed by atoms with van der Waals surface area (Å²) in [7, 11) is -0.869. The number of hydrogen-bond donors (Lipinski definition) is 0. The van der Waals surface area contributed by atoms with E-state index in [0.29, 0.717) is 0 Å². The van der Waals surface area contributed by atoms with Crippen molar-refractivity contribution in [3.8, 4) is 5.75 Å². The van der Waals surface area contributed by atoms with Crippen LogP contribution in [0.4, 0.5) is 0 Å². The molecule has 0 saturated heterocycles. The molecule has 0 heterocycles. The van der Waals surface area contributed by atoms with Crippen LogP contribution in [-0.4, -0.2) is 0 Å². The maximum absolute atomic E-state index is 6.41. The molecular formula is C20H19OP. The molecule has 110 valence electrons. The third kappa shape index (κ3) is 3.21. The first kappa shape index (κ1) is 14.8. The third-order valence-corrected chi connectivity index (χ3v) is 5.88. The first-order valence-electron chi connectivity index (χ1n) is 7.40. The Morgan fingerprint density at radius 2 is 1.05 bits per heavy atom. The second kappa shape index (κ2) is 6.77. The van der Waals surface area contributed by atoms with Crippen LogP contribution < -0.4 is 15.1 Å². The van der Waals surface area contributed by atoms with Gasteiger partial charge in [-0.15, -0.1) is 0 Å². The number of benzene rings is 3. The molecule has 0 aromatic heterocycles. The molecule has 0 N–H and O–H groups in total. The highest BCUT2D eigenvalue weighted by Gasteiger charge is 2.20. The van der Waals surface area contributed by atoms with Crippen LogP contribution in [0.5, 0.6) is 5.75 Å². The fourth-order valence-corrected chi connectivity index (χ4v) is 4.42. The van der Waals surface area contributed by atoms with Gasteiger partial charge in [-0.1, -0.05) is 66.7 Å². The van der Waals surface area contributed by atoms with Crippen LogP contribution in [0.2, 0.25) is 0 Å². The molecular weight excluding hydrogens is 287 g/mol. The molecule has 1 nitrogen and oxygen atoms in total. The molecule has 0 aliphatic carbocycles. The van der Waals surface area contributed by atoms with E-state index in [0.717, 1.165) is 5.75 Å². The molecule has 3 rings (SSSR count). The van der Waals surface area contributed by atoms with Gasteiger partial charge in [0.05, 0.1) is 0 Å².